The van der Waals surface area contributed by atoms with Gasteiger partial charge in [-0.2, -0.15) is 4.99 Å². The van der Waals surface area contributed by atoms with Crippen LogP contribution >= 0.6 is 22.9 Å². The van der Waals surface area contributed by atoms with Crippen molar-refractivity contribution in [1.29, 1.82) is 0 Å². The zero-order valence-electron chi connectivity index (χ0n) is 16.0. The quantitative estimate of drug-likeness (QED) is 0.293. The first-order valence-electron chi connectivity index (χ1n) is 8.98. The average molecular weight is 478 g/mol. The number of terminal acetylenes is 1. The van der Waals surface area contributed by atoms with Gasteiger partial charge in [-0.1, -0.05) is 28.9 Å². The van der Waals surface area contributed by atoms with E-state index in [-0.39, 0.29) is 35.7 Å². The summed E-state index contributed by atoms with van der Waals surface area (Å²) < 4.78 is 26.9. The second kappa shape index (κ2) is 9.43. The Kier molecular flexibility index (Phi) is 6.90. The molecule has 11 heteroatoms. The molecule has 0 aliphatic carbocycles. The largest absolute Gasteiger partial charge is 0.305 e. The first kappa shape index (κ1) is 22.7. The van der Waals surface area contributed by atoms with E-state index in [0.717, 1.165) is 11.3 Å². The van der Waals surface area contributed by atoms with Gasteiger partial charge in [-0.3, -0.25) is 14.9 Å². The fourth-order valence-electron chi connectivity index (χ4n) is 2.84. The molecule has 8 nitrogen and oxygen atoms in total. The highest BCUT2D eigenvalue weighted by atomic mass is 35.5. The number of nitro groups is 1. The van der Waals surface area contributed by atoms with E-state index in [9.17, 15) is 23.3 Å². The third-order valence-electron chi connectivity index (χ3n) is 4.32. The molecule has 0 bridgehead atoms. The molecule has 0 fully saturated rings. The van der Waals surface area contributed by atoms with Gasteiger partial charge in [-0.25, -0.2) is 8.42 Å². The summed E-state index contributed by atoms with van der Waals surface area (Å²) in [7, 11) is -3.54. The predicted octanol–water partition coefficient (Wildman–Crippen LogP) is 3.58. The number of hydrogen-bond acceptors (Lipinski definition) is 6. The van der Waals surface area contributed by atoms with E-state index >= 15 is 0 Å². The number of non-ortho nitro benzene ring substituents is 1. The zero-order valence-corrected chi connectivity index (χ0v) is 18.4. The number of carbonyl (C=O) groups excluding carboxylic acids is 1. The number of sulfone groups is 1. The van der Waals surface area contributed by atoms with E-state index in [0.29, 0.717) is 20.0 Å². The summed E-state index contributed by atoms with van der Waals surface area (Å²) >= 11 is 6.88. The Morgan fingerprint density at radius 2 is 1.97 bits per heavy atom. The summed E-state index contributed by atoms with van der Waals surface area (Å²) in [6.07, 6.45) is 5.43. The van der Waals surface area contributed by atoms with Crippen LogP contribution < -0.4 is 4.80 Å². The van der Waals surface area contributed by atoms with Crippen LogP contribution in [-0.2, 0) is 21.2 Å². The molecule has 0 saturated carbocycles. The van der Waals surface area contributed by atoms with Gasteiger partial charge in [0.1, 0.15) is 0 Å². The molecule has 160 valence electrons. The van der Waals surface area contributed by atoms with Crippen molar-refractivity contribution < 1.29 is 18.1 Å². The lowest BCUT2D eigenvalue weighted by Gasteiger charge is -2.03. The van der Waals surface area contributed by atoms with Crippen LogP contribution in [0.5, 0.6) is 0 Å². The fourth-order valence-corrected chi connectivity index (χ4v) is 5.36. The number of carbonyl (C=O) groups is 1. The second-order valence-corrected chi connectivity index (χ2v) is 10.0. The van der Waals surface area contributed by atoms with Crippen LogP contribution in [-0.4, -0.2) is 29.6 Å². The van der Waals surface area contributed by atoms with Crippen molar-refractivity contribution in [1.82, 2.24) is 4.57 Å². The van der Waals surface area contributed by atoms with E-state index in [1.165, 1.54) is 36.4 Å². The number of amides is 1. The maximum atomic E-state index is 12.4. The van der Waals surface area contributed by atoms with Gasteiger partial charge in [0.15, 0.2) is 14.6 Å². The van der Waals surface area contributed by atoms with E-state index in [1.807, 2.05) is 0 Å². The van der Waals surface area contributed by atoms with Crippen molar-refractivity contribution in [3.05, 3.63) is 62.4 Å². The Morgan fingerprint density at radius 3 is 2.61 bits per heavy atom. The molecule has 0 aliphatic rings. The molecule has 0 spiro atoms. The third-order valence-corrected chi connectivity index (χ3v) is 7.43. The summed E-state index contributed by atoms with van der Waals surface area (Å²) in [5.74, 6) is 1.76. The molecule has 31 heavy (non-hydrogen) atoms. The van der Waals surface area contributed by atoms with Gasteiger partial charge >= 0.3 is 0 Å². The van der Waals surface area contributed by atoms with Crippen LogP contribution in [0.25, 0.3) is 10.2 Å². The summed E-state index contributed by atoms with van der Waals surface area (Å²) in [6, 6.07) is 10.1. The van der Waals surface area contributed by atoms with Crippen molar-refractivity contribution in [2.24, 2.45) is 4.99 Å². The normalized spacial score (nSPS) is 12.1. The highest BCUT2D eigenvalue weighted by Gasteiger charge is 2.16. The van der Waals surface area contributed by atoms with Crippen LogP contribution in [0, 0.1) is 22.5 Å². The lowest BCUT2D eigenvalue weighted by atomic mass is 10.3. The minimum absolute atomic E-state index is 0.0722. The molecule has 1 aromatic heterocycles. The Hall–Kier alpha value is -3.00. The first-order valence-corrected chi connectivity index (χ1v) is 11.8. The maximum Gasteiger partial charge on any atom is 0.270 e. The van der Waals surface area contributed by atoms with Gasteiger partial charge in [-0.15, -0.1) is 6.42 Å². The molecule has 0 N–H and O–H groups in total. The van der Waals surface area contributed by atoms with E-state index in [2.05, 4.69) is 10.9 Å². The number of aromatic nitrogens is 1. The Morgan fingerprint density at radius 1 is 1.26 bits per heavy atom. The van der Waals surface area contributed by atoms with Crippen LogP contribution in [0.3, 0.4) is 0 Å². The van der Waals surface area contributed by atoms with Crippen molar-refractivity contribution >= 4 is 54.6 Å². The second-order valence-electron chi connectivity index (χ2n) is 6.47. The van der Waals surface area contributed by atoms with Crippen LogP contribution in [0.1, 0.15) is 12.8 Å². The molecule has 0 radical (unpaired) electrons. The fraction of sp³-hybridized carbons (Fsp3) is 0.200. The maximum absolute atomic E-state index is 12.4. The molecule has 2 aromatic carbocycles. The number of benzene rings is 2. The molecule has 1 heterocycles. The number of nitrogens with zero attached hydrogens (tertiary/aromatic N) is 3. The smallest absolute Gasteiger partial charge is 0.270 e. The highest BCUT2D eigenvalue weighted by Crippen LogP contribution is 2.23. The molecule has 3 rings (SSSR count). The van der Waals surface area contributed by atoms with Crippen molar-refractivity contribution in [2.75, 3.05) is 5.75 Å². The van der Waals surface area contributed by atoms with E-state index in [4.69, 9.17) is 18.0 Å². The molecular weight excluding hydrogens is 462 g/mol. The molecule has 0 saturated heterocycles. The minimum Gasteiger partial charge on any atom is -0.305 e. The van der Waals surface area contributed by atoms with Gasteiger partial charge < -0.3 is 4.57 Å². The summed E-state index contributed by atoms with van der Waals surface area (Å²) in [5, 5.41) is 11.4. The minimum atomic E-state index is -3.54. The monoisotopic (exact) mass is 477 g/mol. The Labute approximate surface area is 186 Å². The Bertz CT molecular complexity index is 1370. The number of rotatable bonds is 7. The average Bonchev–Trinajstić information content (AvgIpc) is 3.04. The summed E-state index contributed by atoms with van der Waals surface area (Å²) in [5.41, 5.74) is 0.553. The molecule has 0 unspecified atom stereocenters. The number of thiazole rings is 1. The lowest BCUT2D eigenvalue weighted by Crippen LogP contribution is -2.16. The molecule has 0 aliphatic heterocycles. The van der Waals surface area contributed by atoms with E-state index in [1.54, 1.807) is 10.6 Å². The Balaban J connectivity index is 1.78. The van der Waals surface area contributed by atoms with Crippen molar-refractivity contribution in [3.8, 4) is 12.3 Å². The van der Waals surface area contributed by atoms with Gasteiger partial charge in [0, 0.05) is 23.6 Å². The zero-order chi connectivity index (χ0) is 22.6. The van der Waals surface area contributed by atoms with Gasteiger partial charge in [0.05, 0.1) is 32.3 Å². The SMILES string of the molecule is C#CCn1c(=NC(=O)CCCS(=O)(=O)c2ccc(Cl)cc2)sc2cc([N+](=O)[O-])ccc21. The highest BCUT2D eigenvalue weighted by molar-refractivity contribution is 7.91. The summed E-state index contributed by atoms with van der Waals surface area (Å²) in [4.78, 5) is 27.3. The topological polar surface area (TPSA) is 112 Å². The molecular formula is C20H16ClN3O5S2. The number of fused-ring (bicyclic) bond motifs is 1. The first-order chi connectivity index (χ1) is 14.7. The van der Waals surface area contributed by atoms with Crippen LogP contribution in [0.2, 0.25) is 5.02 Å². The standard InChI is InChI=1S/C20H16ClN3O5S2/c1-2-11-23-17-10-7-15(24(26)27)13-18(17)30-20(23)22-19(25)4-3-12-31(28,29)16-8-5-14(21)6-9-16/h1,5-10,13H,3-4,11-12H2. The van der Waals surface area contributed by atoms with Crippen molar-refractivity contribution in [2.45, 2.75) is 24.3 Å². The van der Waals surface area contributed by atoms with Gasteiger partial charge in [-0.05, 0) is 36.8 Å². The third kappa shape index (κ3) is 5.38. The predicted molar refractivity (Wildman–Crippen MR) is 119 cm³/mol. The molecule has 0 atom stereocenters. The summed E-state index contributed by atoms with van der Waals surface area (Å²) in [6.45, 7) is 0.134. The lowest BCUT2D eigenvalue weighted by molar-refractivity contribution is -0.384. The van der Waals surface area contributed by atoms with Crippen molar-refractivity contribution in [3.63, 3.8) is 0 Å². The molecule has 1 amide bonds. The van der Waals surface area contributed by atoms with Gasteiger partial charge in [0.2, 0.25) is 5.91 Å². The number of nitro benzene ring substituents is 1. The van der Waals surface area contributed by atoms with Crippen LogP contribution in [0.4, 0.5) is 5.69 Å². The number of hydrogen-bond donors (Lipinski definition) is 0. The van der Waals surface area contributed by atoms with E-state index < -0.39 is 20.7 Å². The van der Waals surface area contributed by atoms with Gasteiger partial charge in [0.25, 0.3) is 5.69 Å². The molecule has 3 aromatic rings. The van der Waals surface area contributed by atoms with Crippen LogP contribution in [0.15, 0.2) is 52.4 Å². The number of halogens is 1.